The Morgan fingerprint density at radius 2 is 0.877 bits per heavy atom. The van der Waals surface area contributed by atoms with E-state index in [1.807, 2.05) is 21.1 Å². The van der Waals surface area contributed by atoms with Crippen molar-refractivity contribution in [3.8, 4) is 0 Å². The highest BCUT2D eigenvalue weighted by atomic mass is 16.7. The van der Waals surface area contributed by atoms with E-state index in [0.29, 0.717) is 23.9 Å². The van der Waals surface area contributed by atoms with Gasteiger partial charge in [-0.2, -0.15) is 0 Å². The topological polar surface area (TPSA) is 108 Å². The SMILES string of the molecule is CC/C=C\C/C=C\C/C=C\C/C=C\C/C=C\C/C=C\C/C=C\C/C=C\C/C=C\CCCCCCCC(=O)OC(COC(=O)CCCCCCCCC)COC(OCC[N+](C)(C)C)C(=O)O. The molecule has 0 spiro atoms. The first kappa shape index (κ1) is 60.9. The van der Waals surface area contributed by atoms with Gasteiger partial charge < -0.3 is 28.5 Å². The second kappa shape index (κ2) is 46.5. The molecule has 0 saturated carbocycles. The molecule has 0 aliphatic rings. The average molecular weight is 907 g/mol. The van der Waals surface area contributed by atoms with E-state index >= 15 is 0 Å². The van der Waals surface area contributed by atoms with Gasteiger partial charge in [-0.1, -0.05) is 181 Å². The summed E-state index contributed by atoms with van der Waals surface area (Å²) in [7, 11) is 5.93. The van der Waals surface area contributed by atoms with Crippen LogP contribution in [-0.2, 0) is 33.3 Å². The Morgan fingerprint density at radius 1 is 0.477 bits per heavy atom. The first-order chi connectivity index (χ1) is 31.6. The van der Waals surface area contributed by atoms with Gasteiger partial charge in [0.2, 0.25) is 0 Å². The Balaban J connectivity index is 4.23. The third kappa shape index (κ3) is 47.7. The third-order valence-corrected chi connectivity index (χ3v) is 10.0. The minimum absolute atomic E-state index is 0.178. The molecule has 368 valence electrons. The van der Waals surface area contributed by atoms with E-state index in [1.165, 1.54) is 25.7 Å². The van der Waals surface area contributed by atoms with E-state index < -0.39 is 24.3 Å². The number of allylic oxidation sites excluding steroid dienone is 18. The summed E-state index contributed by atoms with van der Waals surface area (Å²) >= 11 is 0. The summed E-state index contributed by atoms with van der Waals surface area (Å²) < 4.78 is 22.6. The van der Waals surface area contributed by atoms with Gasteiger partial charge in [0.25, 0.3) is 6.29 Å². The first-order valence-electron chi connectivity index (χ1n) is 25.1. The number of carboxylic acid groups (broad SMARTS) is 1. The van der Waals surface area contributed by atoms with Crippen molar-refractivity contribution < 1.29 is 42.9 Å². The molecule has 1 N–H and O–H groups in total. The third-order valence-electron chi connectivity index (χ3n) is 10.0. The molecular formula is C56H92NO8+. The Hall–Kier alpha value is -4.05. The molecule has 0 amide bonds. The smallest absolute Gasteiger partial charge is 0.361 e. The molecule has 0 aliphatic carbocycles. The number of likely N-dealkylation sites (N-methyl/N-ethyl adjacent to an activating group) is 1. The van der Waals surface area contributed by atoms with Crippen LogP contribution in [0.4, 0.5) is 0 Å². The Morgan fingerprint density at radius 3 is 1.31 bits per heavy atom. The number of carbonyl (C=O) groups is 3. The van der Waals surface area contributed by atoms with Gasteiger partial charge in [-0.05, 0) is 83.5 Å². The normalized spacial score (nSPS) is 13.8. The van der Waals surface area contributed by atoms with Crippen molar-refractivity contribution >= 4 is 17.9 Å². The van der Waals surface area contributed by atoms with Gasteiger partial charge in [0.1, 0.15) is 13.2 Å². The Kier molecular flexibility index (Phi) is 43.6. The van der Waals surface area contributed by atoms with Crippen molar-refractivity contribution in [1.29, 1.82) is 0 Å². The summed E-state index contributed by atoms with van der Waals surface area (Å²) in [5, 5.41) is 9.62. The van der Waals surface area contributed by atoms with Gasteiger partial charge in [-0.15, -0.1) is 0 Å². The van der Waals surface area contributed by atoms with Gasteiger partial charge in [-0.3, -0.25) is 9.59 Å². The minimum Gasteiger partial charge on any atom is -0.477 e. The van der Waals surface area contributed by atoms with Crippen LogP contribution in [0.15, 0.2) is 109 Å². The molecule has 0 aromatic heterocycles. The molecule has 0 heterocycles. The standard InChI is InChI=1S/C56H91NO8/c1-6-8-10-12-14-15-16-17-18-19-20-21-22-23-24-25-26-27-28-29-30-31-32-33-34-35-36-37-38-39-41-43-45-47-54(59)65-52(50-63-53(58)46-44-42-40-13-11-9-7-2)51-64-56(55(60)61)62-49-48-57(3,4)5/h8,10,14-15,17-18,20-21,23-24,26-27,29-30,32-33,35-36,52,56H,6-7,9,11-13,16,19,22,25,28,31,34,37-51H2,1-5H3/p+1/b10-8-,15-14-,18-17-,21-20-,24-23-,27-26-,30-29-,33-32-,36-35-. The predicted molar refractivity (Wildman–Crippen MR) is 271 cm³/mol. The summed E-state index contributed by atoms with van der Waals surface area (Å²) in [6, 6.07) is 0. The molecule has 65 heavy (non-hydrogen) atoms. The number of rotatable bonds is 44. The number of aliphatic carboxylic acids is 1. The van der Waals surface area contributed by atoms with E-state index in [2.05, 4.69) is 123 Å². The molecule has 0 saturated heterocycles. The van der Waals surface area contributed by atoms with Crippen molar-refractivity contribution in [2.75, 3.05) is 47.5 Å². The highest BCUT2D eigenvalue weighted by Crippen LogP contribution is 2.12. The Labute approximate surface area is 396 Å². The Bertz CT molecular complexity index is 1430. The van der Waals surface area contributed by atoms with Crippen LogP contribution in [0.2, 0.25) is 0 Å². The van der Waals surface area contributed by atoms with Crippen LogP contribution in [0.1, 0.15) is 168 Å². The van der Waals surface area contributed by atoms with E-state index in [-0.39, 0.29) is 32.2 Å². The number of ether oxygens (including phenoxy) is 4. The van der Waals surface area contributed by atoms with Gasteiger partial charge in [0.05, 0.1) is 34.4 Å². The highest BCUT2D eigenvalue weighted by Gasteiger charge is 2.25. The number of hydrogen-bond donors (Lipinski definition) is 1. The highest BCUT2D eigenvalue weighted by molar-refractivity contribution is 5.71. The molecule has 0 fully saturated rings. The molecule has 0 radical (unpaired) electrons. The van der Waals surface area contributed by atoms with E-state index in [1.54, 1.807) is 0 Å². The maximum absolute atomic E-state index is 12.8. The summed E-state index contributed by atoms with van der Waals surface area (Å²) in [4.78, 5) is 37.0. The molecule has 0 aliphatic heterocycles. The molecule has 9 heteroatoms. The zero-order valence-electron chi connectivity index (χ0n) is 41.6. The first-order valence-corrected chi connectivity index (χ1v) is 25.1. The van der Waals surface area contributed by atoms with E-state index in [9.17, 15) is 19.5 Å². The predicted octanol–water partition coefficient (Wildman–Crippen LogP) is 14.0. The number of quaternary nitrogens is 1. The molecule has 0 rings (SSSR count). The van der Waals surface area contributed by atoms with Crippen LogP contribution in [0.25, 0.3) is 0 Å². The maximum Gasteiger partial charge on any atom is 0.361 e. The maximum atomic E-state index is 12.8. The molecule has 2 atom stereocenters. The number of unbranched alkanes of at least 4 members (excludes halogenated alkanes) is 11. The summed E-state index contributed by atoms with van der Waals surface area (Å²) in [6.07, 6.45) is 60.4. The summed E-state index contributed by atoms with van der Waals surface area (Å²) in [5.41, 5.74) is 0. The largest absolute Gasteiger partial charge is 0.477 e. The van der Waals surface area contributed by atoms with Gasteiger partial charge in [0, 0.05) is 12.8 Å². The number of carbonyl (C=O) groups excluding carboxylic acids is 2. The van der Waals surface area contributed by atoms with Gasteiger partial charge in [-0.25, -0.2) is 4.79 Å². The van der Waals surface area contributed by atoms with Gasteiger partial charge >= 0.3 is 17.9 Å². The summed E-state index contributed by atoms with van der Waals surface area (Å²) in [6.45, 7) is 4.65. The summed E-state index contributed by atoms with van der Waals surface area (Å²) in [5.74, 6) is -2.06. The van der Waals surface area contributed by atoms with Crippen LogP contribution < -0.4 is 0 Å². The van der Waals surface area contributed by atoms with Crippen molar-refractivity contribution in [2.45, 2.75) is 180 Å². The molecule has 9 nitrogen and oxygen atoms in total. The minimum atomic E-state index is -1.52. The fourth-order valence-corrected chi connectivity index (χ4v) is 6.18. The van der Waals surface area contributed by atoms with Crippen molar-refractivity contribution in [1.82, 2.24) is 0 Å². The monoisotopic (exact) mass is 907 g/mol. The number of esters is 2. The second-order valence-corrected chi connectivity index (χ2v) is 17.4. The van der Waals surface area contributed by atoms with E-state index in [4.69, 9.17) is 18.9 Å². The lowest BCUT2D eigenvalue weighted by atomic mass is 10.1. The van der Waals surface area contributed by atoms with Crippen LogP contribution in [0.3, 0.4) is 0 Å². The van der Waals surface area contributed by atoms with Crippen LogP contribution in [-0.4, -0.2) is 87.4 Å². The van der Waals surface area contributed by atoms with Crippen molar-refractivity contribution in [3.05, 3.63) is 109 Å². The lowest BCUT2D eigenvalue weighted by Gasteiger charge is -2.25. The zero-order valence-corrected chi connectivity index (χ0v) is 41.6. The molecule has 0 bridgehead atoms. The molecule has 0 aromatic rings. The molecule has 0 aromatic carbocycles. The van der Waals surface area contributed by atoms with Crippen LogP contribution in [0.5, 0.6) is 0 Å². The quantitative estimate of drug-likeness (QED) is 0.0212. The van der Waals surface area contributed by atoms with Crippen molar-refractivity contribution in [2.24, 2.45) is 0 Å². The molecule has 2 unspecified atom stereocenters. The second-order valence-electron chi connectivity index (χ2n) is 17.4. The fourth-order valence-electron chi connectivity index (χ4n) is 6.18. The number of carboxylic acids is 1. The number of hydrogen-bond acceptors (Lipinski definition) is 7. The van der Waals surface area contributed by atoms with E-state index in [0.717, 1.165) is 109 Å². The lowest BCUT2D eigenvalue weighted by Crippen LogP contribution is -2.40. The zero-order chi connectivity index (χ0) is 47.7. The average Bonchev–Trinajstić information content (AvgIpc) is 3.27. The van der Waals surface area contributed by atoms with Crippen LogP contribution >= 0.6 is 0 Å². The lowest BCUT2D eigenvalue weighted by molar-refractivity contribution is -0.870. The van der Waals surface area contributed by atoms with Crippen LogP contribution in [0, 0.1) is 0 Å². The van der Waals surface area contributed by atoms with Gasteiger partial charge in [0.15, 0.2) is 6.10 Å². The molecular weight excluding hydrogens is 815 g/mol. The fraction of sp³-hybridized carbons (Fsp3) is 0.625. The number of nitrogens with zero attached hydrogens (tertiary/aromatic N) is 1. The van der Waals surface area contributed by atoms with Crippen molar-refractivity contribution in [3.63, 3.8) is 0 Å².